The smallest absolute Gasteiger partial charge is 0.258 e. The van der Waals surface area contributed by atoms with E-state index < -0.39 is 11.7 Å². The summed E-state index contributed by atoms with van der Waals surface area (Å²) in [5.74, 6) is -0.905. The molecule has 1 aliphatic heterocycles. The molecule has 0 radical (unpaired) electrons. The quantitative estimate of drug-likeness (QED) is 0.766. The first-order chi connectivity index (χ1) is 8.61. The lowest BCUT2D eigenvalue weighted by Crippen LogP contribution is -2.50. The van der Waals surface area contributed by atoms with Crippen molar-refractivity contribution >= 4 is 17.6 Å². The summed E-state index contributed by atoms with van der Waals surface area (Å²) in [6.07, 6.45) is 1.03. The Balaban J connectivity index is 2.27. The van der Waals surface area contributed by atoms with Crippen molar-refractivity contribution in [2.45, 2.75) is 0 Å². The number of nitrogens with zero attached hydrogens (tertiary/aromatic N) is 2. The highest BCUT2D eigenvalue weighted by Crippen LogP contribution is 2.16. The highest BCUT2D eigenvalue weighted by molar-refractivity contribution is 6.00. The first-order valence-electron chi connectivity index (χ1n) is 5.51. The molecule has 2 amide bonds. The predicted molar refractivity (Wildman–Crippen MR) is 62.7 cm³/mol. The number of nitrogens with one attached hydrogen (secondary N) is 2. The fraction of sp³-hybridized carbons (Fsp3) is 0.364. The van der Waals surface area contributed by atoms with Gasteiger partial charge in [-0.3, -0.25) is 9.59 Å². The fourth-order valence-electron chi connectivity index (χ4n) is 1.78. The van der Waals surface area contributed by atoms with Crippen LogP contribution in [-0.4, -0.2) is 48.4 Å². The van der Waals surface area contributed by atoms with Crippen LogP contribution in [0.15, 0.2) is 12.3 Å². The van der Waals surface area contributed by atoms with E-state index in [0.717, 1.165) is 12.3 Å². The lowest BCUT2D eigenvalue weighted by atomic mass is 10.2. The van der Waals surface area contributed by atoms with Crippen molar-refractivity contribution in [3.05, 3.63) is 23.6 Å². The molecule has 96 valence electrons. The molecule has 0 aliphatic carbocycles. The Bertz CT molecular complexity index is 492. The number of carbonyl (C=O) groups excluding carboxylic acids is 2. The van der Waals surface area contributed by atoms with E-state index in [0.29, 0.717) is 18.9 Å². The Morgan fingerprint density at radius 2 is 2.39 bits per heavy atom. The van der Waals surface area contributed by atoms with Crippen molar-refractivity contribution in [1.29, 1.82) is 0 Å². The van der Waals surface area contributed by atoms with Crippen LogP contribution in [0.4, 0.5) is 10.2 Å². The van der Waals surface area contributed by atoms with E-state index in [4.69, 9.17) is 0 Å². The maximum Gasteiger partial charge on any atom is 0.258 e. The van der Waals surface area contributed by atoms with Crippen LogP contribution in [0.25, 0.3) is 0 Å². The maximum absolute atomic E-state index is 13.1. The number of piperazine rings is 1. The van der Waals surface area contributed by atoms with Crippen molar-refractivity contribution in [3.63, 3.8) is 0 Å². The molecule has 2 rings (SSSR count). The van der Waals surface area contributed by atoms with Gasteiger partial charge in [-0.2, -0.15) is 0 Å². The zero-order valence-corrected chi connectivity index (χ0v) is 9.86. The monoisotopic (exact) mass is 252 g/mol. The highest BCUT2D eigenvalue weighted by atomic mass is 19.1. The second kappa shape index (κ2) is 4.99. The van der Waals surface area contributed by atoms with Gasteiger partial charge in [0.15, 0.2) is 0 Å². The van der Waals surface area contributed by atoms with Crippen LogP contribution in [0.5, 0.6) is 0 Å². The zero-order chi connectivity index (χ0) is 13.1. The topological polar surface area (TPSA) is 74.3 Å². The first-order valence-corrected chi connectivity index (χ1v) is 5.51. The Hall–Kier alpha value is -2.18. The molecule has 1 aromatic heterocycles. The predicted octanol–water partition coefficient (Wildman–Crippen LogP) is -0.166. The summed E-state index contributed by atoms with van der Waals surface area (Å²) < 4.78 is 13.1. The lowest BCUT2D eigenvalue weighted by molar-refractivity contribution is -0.123. The molecule has 1 aliphatic rings. The van der Waals surface area contributed by atoms with E-state index in [-0.39, 0.29) is 18.0 Å². The van der Waals surface area contributed by atoms with Gasteiger partial charge < -0.3 is 15.5 Å². The summed E-state index contributed by atoms with van der Waals surface area (Å²) in [5, 5.41) is 5.35. The van der Waals surface area contributed by atoms with Gasteiger partial charge in [-0.25, -0.2) is 9.37 Å². The average Bonchev–Trinajstić information content (AvgIpc) is 2.38. The molecule has 0 spiro atoms. The van der Waals surface area contributed by atoms with Crippen molar-refractivity contribution < 1.29 is 14.0 Å². The van der Waals surface area contributed by atoms with Crippen molar-refractivity contribution in [2.75, 3.05) is 32.0 Å². The van der Waals surface area contributed by atoms with Crippen LogP contribution in [-0.2, 0) is 4.79 Å². The fourth-order valence-corrected chi connectivity index (χ4v) is 1.78. The van der Waals surface area contributed by atoms with Crippen molar-refractivity contribution in [3.8, 4) is 0 Å². The Morgan fingerprint density at radius 3 is 3.06 bits per heavy atom. The third kappa shape index (κ3) is 2.39. The zero-order valence-electron chi connectivity index (χ0n) is 9.86. The summed E-state index contributed by atoms with van der Waals surface area (Å²) in [7, 11) is 1.60. The largest absolute Gasteiger partial charge is 0.372 e. The third-order valence-corrected chi connectivity index (χ3v) is 2.65. The summed E-state index contributed by atoms with van der Waals surface area (Å²) in [5.41, 5.74) is 0.132. The van der Waals surface area contributed by atoms with E-state index in [1.165, 1.54) is 4.90 Å². The molecule has 6 nitrogen and oxygen atoms in total. The van der Waals surface area contributed by atoms with Crippen molar-refractivity contribution in [2.24, 2.45) is 0 Å². The van der Waals surface area contributed by atoms with Crippen LogP contribution < -0.4 is 10.6 Å². The second-order valence-electron chi connectivity index (χ2n) is 3.88. The molecule has 1 saturated heterocycles. The molecule has 0 bridgehead atoms. The molecular formula is C11H13FN4O2. The minimum Gasteiger partial charge on any atom is -0.372 e. The van der Waals surface area contributed by atoms with Crippen LogP contribution in [0.2, 0.25) is 0 Å². The Morgan fingerprint density at radius 1 is 1.61 bits per heavy atom. The molecule has 2 heterocycles. The number of aromatic nitrogens is 1. The van der Waals surface area contributed by atoms with Gasteiger partial charge in [0, 0.05) is 20.1 Å². The molecule has 2 N–H and O–H groups in total. The molecule has 0 saturated carbocycles. The van der Waals surface area contributed by atoms with Gasteiger partial charge in [0.2, 0.25) is 5.91 Å². The minimum atomic E-state index is -0.584. The molecule has 0 unspecified atom stereocenters. The van der Waals surface area contributed by atoms with Crippen LogP contribution in [0.3, 0.4) is 0 Å². The minimum absolute atomic E-state index is 0.0154. The van der Waals surface area contributed by atoms with E-state index in [1.807, 2.05) is 0 Å². The molecule has 7 heteroatoms. The summed E-state index contributed by atoms with van der Waals surface area (Å²) >= 11 is 0. The number of amides is 2. The van der Waals surface area contributed by atoms with Crippen LogP contribution in [0.1, 0.15) is 10.4 Å². The van der Waals surface area contributed by atoms with Gasteiger partial charge in [0.1, 0.15) is 11.6 Å². The molecule has 0 aromatic carbocycles. The summed E-state index contributed by atoms with van der Waals surface area (Å²) in [6.45, 7) is 0.797. The number of pyridine rings is 1. The van der Waals surface area contributed by atoms with Gasteiger partial charge in [-0.05, 0) is 6.07 Å². The van der Waals surface area contributed by atoms with Gasteiger partial charge in [0.05, 0.1) is 18.3 Å². The number of rotatable bonds is 2. The van der Waals surface area contributed by atoms with Gasteiger partial charge >= 0.3 is 0 Å². The maximum atomic E-state index is 13.1. The SMILES string of the molecule is CNc1ncc(F)cc1C(=O)N1CCNC(=O)C1. The molecule has 0 atom stereocenters. The molecule has 1 aromatic rings. The second-order valence-corrected chi connectivity index (χ2v) is 3.88. The highest BCUT2D eigenvalue weighted by Gasteiger charge is 2.24. The number of carbonyl (C=O) groups is 2. The van der Waals surface area contributed by atoms with Gasteiger partial charge in [-0.1, -0.05) is 0 Å². The first kappa shape index (κ1) is 12.3. The normalized spacial score (nSPS) is 15.2. The lowest BCUT2D eigenvalue weighted by Gasteiger charge is -2.27. The van der Waals surface area contributed by atoms with Crippen LogP contribution in [0, 0.1) is 5.82 Å². The standard InChI is InChI=1S/C11H13FN4O2/c1-13-10-8(4-7(12)5-15-10)11(18)16-3-2-14-9(17)6-16/h4-5H,2-3,6H2,1H3,(H,13,15)(H,14,17). The molecule has 18 heavy (non-hydrogen) atoms. The third-order valence-electron chi connectivity index (χ3n) is 2.65. The van der Waals surface area contributed by atoms with Crippen LogP contribution >= 0.6 is 0 Å². The van der Waals surface area contributed by atoms with E-state index >= 15 is 0 Å². The van der Waals surface area contributed by atoms with Gasteiger partial charge in [0.25, 0.3) is 5.91 Å². The summed E-state index contributed by atoms with van der Waals surface area (Å²) in [6, 6.07) is 1.12. The number of halogens is 1. The number of anilines is 1. The number of hydrogen-bond acceptors (Lipinski definition) is 4. The average molecular weight is 252 g/mol. The summed E-state index contributed by atoms with van der Waals surface area (Å²) in [4.78, 5) is 28.6. The van der Waals surface area contributed by atoms with E-state index in [2.05, 4.69) is 15.6 Å². The van der Waals surface area contributed by atoms with Crippen molar-refractivity contribution in [1.82, 2.24) is 15.2 Å². The van der Waals surface area contributed by atoms with E-state index in [9.17, 15) is 14.0 Å². The molecule has 1 fully saturated rings. The Kier molecular flexibility index (Phi) is 3.40. The van der Waals surface area contributed by atoms with Gasteiger partial charge in [-0.15, -0.1) is 0 Å². The van der Waals surface area contributed by atoms with E-state index in [1.54, 1.807) is 7.05 Å². The molecular weight excluding hydrogens is 239 g/mol. The Labute approximate surface area is 103 Å². The number of hydrogen-bond donors (Lipinski definition) is 2.